The van der Waals surface area contributed by atoms with E-state index in [0.717, 1.165) is 0 Å². The molecular formula is C6H11N5O2. The van der Waals surface area contributed by atoms with Crippen LogP contribution < -0.4 is 5.32 Å². The fourth-order valence-corrected chi connectivity index (χ4v) is 0.819. The minimum atomic E-state index is -0.794. The molecule has 0 saturated heterocycles. The molecule has 1 aromatic rings. The minimum absolute atomic E-state index is 0.151. The van der Waals surface area contributed by atoms with Gasteiger partial charge in [0.15, 0.2) is 0 Å². The Morgan fingerprint density at radius 3 is 3.00 bits per heavy atom. The summed E-state index contributed by atoms with van der Waals surface area (Å²) in [4.78, 5) is 10.2. The third-order valence-corrected chi connectivity index (χ3v) is 1.47. The summed E-state index contributed by atoms with van der Waals surface area (Å²) in [6, 6.07) is 0. The highest BCUT2D eigenvalue weighted by molar-refractivity contribution is 5.66. The smallest absolute Gasteiger partial charge is 0.303 e. The molecule has 0 saturated carbocycles. The van der Waals surface area contributed by atoms with Crippen LogP contribution in [0, 0.1) is 0 Å². The van der Waals surface area contributed by atoms with E-state index in [9.17, 15) is 4.79 Å². The van der Waals surface area contributed by atoms with E-state index in [1.807, 2.05) is 0 Å². The SMILES string of the molecule is Cn1nnnc1NCCCC(=O)O. The highest BCUT2D eigenvalue weighted by atomic mass is 16.4. The number of tetrazole rings is 1. The molecule has 0 radical (unpaired) electrons. The number of aryl methyl sites for hydroxylation is 1. The largest absolute Gasteiger partial charge is 0.481 e. The summed E-state index contributed by atoms with van der Waals surface area (Å²) >= 11 is 0. The van der Waals surface area contributed by atoms with E-state index in [1.165, 1.54) is 4.68 Å². The maximum Gasteiger partial charge on any atom is 0.303 e. The third-order valence-electron chi connectivity index (χ3n) is 1.47. The molecule has 7 heteroatoms. The molecule has 1 rings (SSSR count). The summed E-state index contributed by atoms with van der Waals surface area (Å²) in [6.45, 7) is 0.556. The van der Waals surface area contributed by atoms with Crippen molar-refractivity contribution in [3.63, 3.8) is 0 Å². The van der Waals surface area contributed by atoms with Crippen molar-refractivity contribution in [1.82, 2.24) is 20.2 Å². The number of nitrogens with zero attached hydrogens (tertiary/aromatic N) is 4. The first-order valence-corrected chi connectivity index (χ1v) is 3.88. The summed E-state index contributed by atoms with van der Waals surface area (Å²) in [5.41, 5.74) is 0. The van der Waals surface area contributed by atoms with Gasteiger partial charge in [0.05, 0.1) is 0 Å². The van der Waals surface area contributed by atoms with E-state index in [0.29, 0.717) is 18.9 Å². The zero-order valence-electron chi connectivity index (χ0n) is 7.27. The quantitative estimate of drug-likeness (QED) is 0.600. The molecule has 0 bridgehead atoms. The number of carboxylic acids is 1. The first-order valence-electron chi connectivity index (χ1n) is 3.88. The summed E-state index contributed by atoms with van der Waals surface area (Å²) in [5, 5.41) is 22.0. The fraction of sp³-hybridized carbons (Fsp3) is 0.667. The number of carbonyl (C=O) groups is 1. The van der Waals surface area contributed by atoms with Gasteiger partial charge in [-0.25, -0.2) is 4.68 Å². The number of anilines is 1. The van der Waals surface area contributed by atoms with E-state index in [4.69, 9.17) is 5.11 Å². The van der Waals surface area contributed by atoms with Crippen molar-refractivity contribution in [3.05, 3.63) is 0 Å². The Balaban J connectivity index is 2.20. The molecule has 0 aliphatic carbocycles. The van der Waals surface area contributed by atoms with Gasteiger partial charge in [-0.3, -0.25) is 4.79 Å². The number of carboxylic acid groups (broad SMARTS) is 1. The molecule has 0 aliphatic heterocycles. The Bertz CT molecular complexity index is 284. The Morgan fingerprint density at radius 1 is 1.69 bits per heavy atom. The second-order valence-electron chi connectivity index (χ2n) is 2.55. The van der Waals surface area contributed by atoms with E-state index in [2.05, 4.69) is 20.8 Å². The van der Waals surface area contributed by atoms with Crippen LogP contribution in [0.15, 0.2) is 0 Å². The van der Waals surface area contributed by atoms with E-state index < -0.39 is 5.97 Å². The van der Waals surface area contributed by atoms with Gasteiger partial charge in [-0.1, -0.05) is 5.10 Å². The second kappa shape index (κ2) is 4.39. The van der Waals surface area contributed by atoms with Crippen molar-refractivity contribution in [2.75, 3.05) is 11.9 Å². The number of rotatable bonds is 5. The van der Waals surface area contributed by atoms with Gasteiger partial charge >= 0.3 is 5.97 Å². The van der Waals surface area contributed by atoms with Crippen LogP contribution in [0.25, 0.3) is 0 Å². The van der Waals surface area contributed by atoms with Gasteiger partial charge in [0.2, 0.25) is 5.95 Å². The molecule has 13 heavy (non-hydrogen) atoms. The number of hydrogen-bond donors (Lipinski definition) is 2. The molecule has 0 fully saturated rings. The van der Waals surface area contributed by atoms with Crippen LogP contribution in [-0.2, 0) is 11.8 Å². The highest BCUT2D eigenvalue weighted by Gasteiger charge is 2.00. The van der Waals surface area contributed by atoms with E-state index in [1.54, 1.807) is 7.05 Å². The van der Waals surface area contributed by atoms with Crippen molar-refractivity contribution < 1.29 is 9.90 Å². The van der Waals surface area contributed by atoms with Gasteiger partial charge < -0.3 is 10.4 Å². The van der Waals surface area contributed by atoms with Gasteiger partial charge in [0.1, 0.15) is 0 Å². The number of hydrogen-bond acceptors (Lipinski definition) is 5. The molecule has 0 unspecified atom stereocenters. The average Bonchev–Trinajstić information content (AvgIpc) is 2.45. The molecule has 1 heterocycles. The van der Waals surface area contributed by atoms with Crippen LogP contribution >= 0.6 is 0 Å². The minimum Gasteiger partial charge on any atom is -0.481 e. The summed E-state index contributed by atoms with van der Waals surface area (Å²) in [5.74, 6) is -0.247. The van der Waals surface area contributed by atoms with Gasteiger partial charge in [-0.15, -0.1) is 0 Å². The Kier molecular flexibility index (Phi) is 3.18. The van der Waals surface area contributed by atoms with Crippen molar-refractivity contribution in [3.8, 4) is 0 Å². The lowest BCUT2D eigenvalue weighted by molar-refractivity contribution is -0.137. The lowest BCUT2D eigenvalue weighted by Crippen LogP contribution is -2.08. The Hall–Kier alpha value is -1.66. The zero-order valence-corrected chi connectivity index (χ0v) is 7.27. The lowest BCUT2D eigenvalue weighted by Gasteiger charge is -2.01. The molecule has 72 valence electrons. The van der Waals surface area contributed by atoms with Crippen molar-refractivity contribution in [2.45, 2.75) is 12.8 Å². The van der Waals surface area contributed by atoms with Crippen molar-refractivity contribution in [1.29, 1.82) is 0 Å². The molecule has 0 amide bonds. The van der Waals surface area contributed by atoms with Crippen LogP contribution in [0.2, 0.25) is 0 Å². The van der Waals surface area contributed by atoms with Crippen LogP contribution in [-0.4, -0.2) is 37.8 Å². The predicted molar refractivity (Wildman–Crippen MR) is 44.2 cm³/mol. The van der Waals surface area contributed by atoms with Gasteiger partial charge in [-0.05, 0) is 16.8 Å². The van der Waals surface area contributed by atoms with Gasteiger partial charge in [0.25, 0.3) is 0 Å². The first kappa shape index (κ1) is 9.43. The van der Waals surface area contributed by atoms with Crippen molar-refractivity contribution in [2.24, 2.45) is 7.05 Å². The Morgan fingerprint density at radius 2 is 2.46 bits per heavy atom. The van der Waals surface area contributed by atoms with Gasteiger partial charge in [-0.2, -0.15) is 0 Å². The van der Waals surface area contributed by atoms with Crippen LogP contribution in [0.5, 0.6) is 0 Å². The molecule has 1 aromatic heterocycles. The summed E-state index contributed by atoms with van der Waals surface area (Å²) in [7, 11) is 1.71. The number of nitrogens with one attached hydrogen (secondary N) is 1. The average molecular weight is 185 g/mol. The lowest BCUT2D eigenvalue weighted by atomic mass is 10.3. The first-order chi connectivity index (χ1) is 6.20. The Labute approximate surface area is 74.7 Å². The number of aliphatic carboxylic acids is 1. The van der Waals surface area contributed by atoms with Crippen molar-refractivity contribution >= 4 is 11.9 Å². The molecule has 0 atom stereocenters. The molecule has 2 N–H and O–H groups in total. The van der Waals surface area contributed by atoms with Crippen LogP contribution in [0.4, 0.5) is 5.95 Å². The van der Waals surface area contributed by atoms with Crippen LogP contribution in [0.3, 0.4) is 0 Å². The highest BCUT2D eigenvalue weighted by Crippen LogP contribution is 1.96. The molecule has 0 aliphatic rings. The van der Waals surface area contributed by atoms with E-state index >= 15 is 0 Å². The topological polar surface area (TPSA) is 92.9 Å². The maximum atomic E-state index is 10.2. The van der Waals surface area contributed by atoms with E-state index in [-0.39, 0.29) is 6.42 Å². The third kappa shape index (κ3) is 3.06. The predicted octanol–water partition coefficient (Wildman–Crippen LogP) is -0.513. The van der Waals surface area contributed by atoms with Crippen LogP contribution in [0.1, 0.15) is 12.8 Å². The number of aromatic nitrogens is 4. The zero-order chi connectivity index (χ0) is 9.68. The fourth-order valence-electron chi connectivity index (χ4n) is 0.819. The molecule has 0 spiro atoms. The normalized spacial score (nSPS) is 9.92. The maximum absolute atomic E-state index is 10.2. The summed E-state index contributed by atoms with van der Waals surface area (Å²) < 4.78 is 1.49. The molecule has 7 nitrogen and oxygen atoms in total. The monoisotopic (exact) mass is 185 g/mol. The van der Waals surface area contributed by atoms with Gasteiger partial charge in [0, 0.05) is 20.0 Å². The molecular weight excluding hydrogens is 174 g/mol. The second-order valence-corrected chi connectivity index (χ2v) is 2.55. The molecule has 0 aromatic carbocycles. The summed E-state index contributed by atoms with van der Waals surface area (Å²) in [6.07, 6.45) is 0.709. The standard InChI is InChI=1S/C6H11N5O2/c1-11-6(8-9-10-11)7-4-2-3-5(12)13/h2-4H2,1H3,(H,12,13)(H,7,8,10).